The Morgan fingerprint density at radius 3 is 3.00 bits per heavy atom. The first-order chi connectivity index (χ1) is 8.52. The summed E-state index contributed by atoms with van der Waals surface area (Å²) in [7, 11) is 1.95. The van der Waals surface area contributed by atoms with Crippen LogP contribution >= 0.6 is 0 Å². The summed E-state index contributed by atoms with van der Waals surface area (Å²) >= 11 is 0. The number of nitrogens with one attached hydrogen (secondary N) is 1. The lowest BCUT2D eigenvalue weighted by atomic mass is 10.2. The highest BCUT2D eigenvalue weighted by molar-refractivity contribution is 5.50. The topological polar surface area (TPSA) is 92.3 Å². The van der Waals surface area contributed by atoms with Gasteiger partial charge >= 0.3 is 5.69 Å². The average molecular weight is 250 g/mol. The Bertz CT molecular complexity index is 601. The molecule has 0 radical (unpaired) electrons. The van der Waals surface area contributed by atoms with Crippen LogP contribution in [-0.2, 0) is 0 Å². The van der Waals surface area contributed by atoms with E-state index in [0.717, 1.165) is 12.4 Å². The number of H-pyrrole nitrogens is 1. The summed E-state index contributed by atoms with van der Waals surface area (Å²) in [5.41, 5.74) is 5.93. The van der Waals surface area contributed by atoms with Gasteiger partial charge in [0.2, 0.25) is 0 Å². The Labute approximate surface area is 105 Å². The third-order valence-electron chi connectivity index (χ3n) is 2.94. The first kappa shape index (κ1) is 12.6. The number of nitrogens with two attached hydrogens (primary N) is 1. The molecular formula is C11H18N6O. The number of fused-ring (bicyclic) bond motifs is 1. The molecule has 2 rings (SSSR count). The second-order valence-corrected chi connectivity index (χ2v) is 4.61. The van der Waals surface area contributed by atoms with Crippen LogP contribution in [0.15, 0.2) is 10.9 Å². The van der Waals surface area contributed by atoms with Crippen molar-refractivity contribution in [3.63, 3.8) is 0 Å². The molecule has 2 aromatic heterocycles. The molecule has 0 aliphatic heterocycles. The minimum atomic E-state index is -0.264. The van der Waals surface area contributed by atoms with Crippen LogP contribution < -0.4 is 16.3 Å². The molecule has 0 aromatic carbocycles. The zero-order valence-corrected chi connectivity index (χ0v) is 10.8. The molecule has 7 heteroatoms. The van der Waals surface area contributed by atoms with Gasteiger partial charge in [0.25, 0.3) is 0 Å². The SMILES string of the molecule is Cc1nc(N(C)CC(C)CN)cc2n[nH]c(=O)n12. The molecular weight excluding hydrogens is 232 g/mol. The maximum atomic E-state index is 11.5. The largest absolute Gasteiger partial charge is 0.359 e. The summed E-state index contributed by atoms with van der Waals surface area (Å²) < 4.78 is 1.45. The summed E-state index contributed by atoms with van der Waals surface area (Å²) in [4.78, 5) is 17.9. The molecule has 0 aliphatic rings. The molecule has 7 nitrogen and oxygen atoms in total. The van der Waals surface area contributed by atoms with Crippen LogP contribution in [0.2, 0.25) is 0 Å². The summed E-state index contributed by atoms with van der Waals surface area (Å²) in [5, 5.41) is 6.37. The number of aryl methyl sites for hydroxylation is 1. The van der Waals surface area contributed by atoms with Crippen molar-refractivity contribution in [2.75, 3.05) is 25.0 Å². The highest BCUT2D eigenvalue weighted by Gasteiger charge is 2.11. The molecule has 98 valence electrons. The van der Waals surface area contributed by atoms with E-state index in [1.54, 1.807) is 13.0 Å². The fourth-order valence-corrected chi connectivity index (χ4v) is 1.91. The fraction of sp³-hybridized carbons (Fsp3) is 0.545. The zero-order valence-electron chi connectivity index (χ0n) is 10.8. The highest BCUT2D eigenvalue weighted by atomic mass is 16.1. The Balaban J connectivity index is 2.37. The molecule has 0 spiro atoms. The number of aromatic nitrogens is 4. The lowest BCUT2D eigenvalue weighted by molar-refractivity contribution is 0.587. The maximum Gasteiger partial charge on any atom is 0.349 e. The molecule has 2 heterocycles. The van der Waals surface area contributed by atoms with E-state index in [1.165, 1.54) is 4.40 Å². The van der Waals surface area contributed by atoms with Crippen LogP contribution in [0.5, 0.6) is 0 Å². The van der Waals surface area contributed by atoms with Gasteiger partial charge in [0.05, 0.1) is 0 Å². The molecule has 0 bridgehead atoms. The van der Waals surface area contributed by atoms with Gasteiger partial charge in [-0.25, -0.2) is 19.3 Å². The van der Waals surface area contributed by atoms with E-state index in [-0.39, 0.29) is 5.69 Å². The van der Waals surface area contributed by atoms with Gasteiger partial charge in [0.1, 0.15) is 11.6 Å². The van der Waals surface area contributed by atoms with Crippen molar-refractivity contribution in [1.82, 2.24) is 19.6 Å². The van der Waals surface area contributed by atoms with E-state index in [2.05, 4.69) is 22.1 Å². The van der Waals surface area contributed by atoms with Crippen LogP contribution in [0.1, 0.15) is 12.7 Å². The molecule has 18 heavy (non-hydrogen) atoms. The number of aromatic amines is 1. The molecule has 2 aromatic rings. The molecule has 0 saturated carbocycles. The predicted octanol–water partition coefficient (Wildman–Crippen LogP) is -0.243. The van der Waals surface area contributed by atoms with Crippen molar-refractivity contribution in [3.8, 4) is 0 Å². The average Bonchev–Trinajstić information content (AvgIpc) is 2.71. The molecule has 0 amide bonds. The summed E-state index contributed by atoms with van der Waals surface area (Å²) in [6.45, 7) is 5.32. The first-order valence-corrected chi connectivity index (χ1v) is 5.89. The number of hydrogen-bond donors (Lipinski definition) is 2. The highest BCUT2D eigenvalue weighted by Crippen LogP contribution is 2.13. The van der Waals surface area contributed by atoms with Crippen molar-refractivity contribution >= 4 is 11.5 Å². The van der Waals surface area contributed by atoms with Crippen molar-refractivity contribution in [2.45, 2.75) is 13.8 Å². The lowest BCUT2D eigenvalue weighted by Crippen LogP contribution is -2.29. The molecule has 0 aliphatic carbocycles. The van der Waals surface area contributed by atoms with Gasteiger partial charge in [-0.15, -0.1) is 0 Å². The molecule has 1 atom stereocenters. The second-order valence-electron chi connectivity index (χ2n) is 4.61. The lowest BCUT2D eigenvalue weighted by Gasteiger charge is -2.21. The quantitative estimate of drug-likeness (QED) is 0.781. The maximum absolute atomic E-state index is 11.5. The standard InChI is InChI=1S/C11H18N6O/c1-7(5-12)6-16(3)9-4-10-14-15-11(18)17(10)8(2)13-9/h4,7H,5-6,12H2,1-3H3,(H,15,18). The van der Waals surface area contributed by atoms with Gasteiger partial charge in [-0.05, 0) is 19.4 Å². The van der Waals surface area contributed by atoms with E-state index in [1.807, 2.05) is 11.9 Å². The molecule has 0 fully saturated rings. The number of hydrogen-bond acceptors (Lipinski definition) is 5. The van der Waals surface area contributed by atoms with E-state index in [4.69, 9.17) is 5.73 Å². The number of anilines is 1. The second kappa shape index (κ2) is 4.77. The minimum Gasteiger partial charge on any atom is -0.359 e. The third kappa shape index (κ3) is 2.21. The first-order valence-electron chi connectivity index (χ1n) is 5.89. The summed E-state index contributed by atoms with van der Waals surface area (Å²) in [6, 6.07) is 1.79. The van der Waals surface area contributed by atoms with Crippen LogP contribution in [0.25, 0.3) is 5.65 Å². The van der Waals surface area contributed by atoms with Crippen molar-refractivity contribution in [1.29, 1.82) is 0 Å². The van der Waals surface area contributed by atoms with Gasteiger partial charge in [-0.1, -0.05) is 6.92 Å². The van der Waals surface area contributed by atoms with Gasteiger partial charge in [0.15, 0.2) is 5.65 Å². The Hall–Kier alpha value is -1.89. The predicted molar refractivity (Wildman–Crippen MR) is 69.8 cm³/mol. The summed E-state index contributed by atoms with van der Waals surface area (Å²) in [5.74, 6) is 1.79. The van der Waals surface area contributed by atoms with Crippen LogP contribution in [0, 0.1) is 12.8 Å². The van der Waals surface area contributed by atoms with Crippen LogP contribution in [0.4, 0.5) is 5.82 Å². The number of rotatable bonds is 4. The van der Waals surface area contributed by atoms with Crippen molar-refractivity contribution in [3.05, 3.63) is 22.4 Å². The van der Waals surface area contributed by atoms with Gasteiger partial charge in [-0.3, -0.25) is 0 Å². The smallest absolute Gasteiger partial charge is 0.349 e. The Morgan fingerprint density at radius 1 is 1.61 bits per heavy atom. The number of nitrogens with zero attached hydrogens (tertiary/aromatic N) is 4. The zero-order chi connectivity index (χ0) is 13.3. The van der Waals surface area contributed by atoms with E-state index in [0.29, 0.717) is 23.9 Å². The van der Waals surface area contributed by atoms with E-state index < -0.39 is 0 Å². The van der Waals surface area contributed by atoms with Gasteiger partial charge < -0.3 is 10.6 Å². The monoisotopic (exact) mass is 250 g/mol. The van der Waals surface area contributed by atoms with Crippen molar-refractivity contribution in [2.24, 2.45) is 11.7 Å². The molecule has 1 unspecified atom stereocenters. The van der Waals surface area contributed by atoms with Gasteiger partial charge in [-0.2, -0.15) is 5.10 Å². The van der Waals surface area contributed by atoms with Crippen LogP contribution in [0.3, 0.4) is 0 Å². The normalized spacial score (nSPS) is 12.9. The minimum absolute atomic E-state index is 0.264. The summed E-state index contributed by atoms with van der Waals surface area (Å²) in [6.07, 6.45) is 0. The Morgan fingerprint density at radius 2 is 2.33 bits per heavy atom. The molecule has 3 N–H and O–H groups in total. The van der Waals surface area contributed by atoms with Crippen LogP contribution in [-0.4, -0.2) is 39.7 Å². The fourth-order valence-electron chi connectivity index (χ4n) is 1.91. The van der Waals surface area contributed by atoms with Gasteiger partial charge in [0, 0.05) is 19.7 Å². The third-order valence-corrected chi connectivity index (χ3v) is 2.94. The Kier molecular flexibility index (Phi) is 3.33. The van der Waals surface area contributed by atoms with Crippen molar-refractivity contribution < 1.29 is 0 Å². The molecule has 0 saturated heterocycles. The van der Waals surface area contributed by atoms with E-state index in [9.17, 15) is 4.79 Å². The van der Waals surface area contributed by atoms with E-state index >= 15 is 0 Å².